The summed E-state index contributed by atoms with van der Waals surface area (Å²) in [6, 6.07) is 4.43. The molecule has 0 aliphatic heterocycles. The van der Waals surface area contributed by atoms with Crippen LogP contribution in [0.15, 0.2) is 12.1 Å². The highest BCUT2D eigenvalue weighted by molar-refractivity contribution is 9.09. The summed E-state index contributed by atoms with van der Waals surface area (Å²) in [5.41, 5.74) is 3.99. The standard InChI is InChI=1S/C19H26BrCl/c1-12-10-18(21)13(2)9-17(12)19(20)16-8-7-14-5-3-4-6-15(14)11-16/h9-10,14-16,19H,3-8,11H2,1-2H3. The van der Waals surface area contributed by atoms with Gasteiger partial charge in [-0.15, -0.1) is 0 Å². The van der Waals surface area contributed by atoms with Crippen molar-refractivity contribution in [1.82, 2.24) is 0 Å². The maximum absolute atomic E-state index is 6.25. The molecular formula is C19H26BrCl. The van der Waals surface area contributed by atoms with Gasteiger partial charge < -0.3 is 0 Å². The van der Waals surface area contributed by atoms with Crippen LogP contribution >= 0.6 is 27.5 Å². The Kier molecular flexibility index (Phi) is 5.01. The van der Waals surface area contributed by atoms with E-state index in [-0.39, 0.29) is 0 Å². The van der Waals surface area contributed by atoms with E-state index in [0.29, 0.717) is 4.83 Å². The fourth-order valence-corrected chi connectivity index (χ4v) is 5.72. The van der Waals surface area contributed by atoms with E-state index in [2.05, 4.69) is 41.9 Å². The lowest BCUT2D eigenvalue weighted by Gasteiger charge is -2.41. The van der Waals surface area contributed by atoms with Crippen LogP contribution in [0.4, 0.5) is 0 Å². The topological polar surface area (TPSA) is 0 Å². The zero-order valence-corrected chi connectivity index (χ0v) is 15.5. The van der Waals surface area contributed by atoms with Gasteiger partial charge >= 0.3 is 0 Å². The molecule has 0 aromatic heterocycles. The van der Waals surface area contributed by atoms with Gasteiger partial charge in [0.25, 0.3) is 0 Å². The van der Waals surface area contributed by atoms with Crippen LogP contribution < -0.4 is 0 Å². The SMILES string of the molecule is Cc1cc(C(Br)C2CCC3CCCCC3C2)c(C)cc1Cl. The molecule has 3 rings (SSSR count). The molecule has 2 aliphatic carbocycles. The summed E-state index contributed by atoms with van der Waals surface area (Å²) in [6.45, 7) is 4.31. The van der Waals surface area contributed by atoms with Crippen LogP contribution in [0.5, 0.6) is 0 Å². The van der Waals surface area contributed by atoms with Crippen LogP contribution in [0.2, 0.25) is 5.02 Å². The summed E-state index contributed by atoms with van der Waals surface area (Å²) >= 11 is 10.3. The molecular weight excluding hydrogens is 344 g/mol. The first-order chi connectivity index (χ1) is 10.1. The Bertz CT molecular complexity index is 511. The number of benzene rings is 1. The number of fused-ring (bicyclic) bond motifs is 1. The third-order valence-corrected chi connectivity index (χ3v) is 7.49. The van der Waals surface area contributed by atoms with E-state index in [1.807, 2.05) is 0 Å². The number of aryl methyl sites for hydroxylation is 2. The van der Waals surface area contributed by atoms with Gasteiger partial charge in [-0.1, -0.05) is 59.3 Å². The van der Waals surface area contributed by atoms with Gasteiger partial charge in [-0.25, -0.2) is 0 Å². The number of hydrogen-bond donors (Lipinski definition) is 0. The van der Waals surface area contributed by atoms with Crippen LogP contribution in [-0.2, 0) is 0 Å². The molecule has 0 bridgehead atoms. The Morgan fingerprint density at radius 1 is 1.00 bits per heavy atom. The largest absolute Gasteiger partial charge is 0.0840 e. The maximum atomic E-state index is 6.25. The highest BCUT2D eigenvalue weighted by atomic mass is 79.9. The first-order valence-electron chi connectivity index (χ1n) is 8.47. The lowest BCUT2D eigenvalue weighted by atomic mass is 9.66. The molecule has 4 unspecified atom stereocenters. The lowest BCUT2D eigenvalue weighted by molar-refractivity contribution is 0.129. The van der Waals surface area contributed by atoms with Gasteiger partial charge in [0.05, 0.1) is 0 Å². The Morgan fingerprint density at radius 3 is 2.48 bits per heavy atom. The Morgan fingerprint density at radius 2 is 1.71 bits per heavy atom. The predicted molar refractivity (Wildman–Crippen MR) is 95.4 cm³/mol. The summed E-state index contributed by atoms with van der Waals surface area (Å²) in [7, 11) is 0. The third kappa shape index (κ3) is 3.34. The molecule has 2 aliphatic rings. The van der Waals surface area contributed by atoms with E-state index < -0.39 is 0 Å². The van der Waals surface area contributed by atoms with Crippen molar-refractivity contribution in [2.75, 3.05) is 0 Å². The van der Waals surface area contributed by atoms with E-state index in [0.717, 1.165) is 22.8 Å². The predicted octanol–water partition coefficient (Wildman–Crippen LogP) is 7.00. The van der Waals surface area contributed by atoms with Crippen molar-refractivity contribution in [2.45, 2.75) is 63.6 Å². The summed E-state index contributed by atoms with van der Waals surface area (Å²) < 4.78 is 0. The van der Waals surface area contributed by atoms with Crippen molar-refractivity contribution in [2.24, 2.45) is 17.8 Å². The minimum Gasteiger partial charge on any atom is -0.0840 e. The van der Waals surface area contributed by atoms with Gasteiger partial charge in [0.1, 0.15) is 0 Å². The molecule has 1 aromatic carbocycles. The Labute approximate surface area is 142 Å². The van der Waals surface area contributed by atoms with Gasteiger partial charge in [0, 0.05) is 9.85 Å². The average Bonchev–Trinajstić information content (AvgIpc) is 2.50. The van der Waals surface area contributed by atoms with Crippen molar-refractivity contribution in [3.8, 4) is 0 Å². The second-order valence-electron chi connectivity index (χ2n) is 7.24. The van der Waals surface area contributed by atoms with E-state index >= 15 is 0 Å². The molecule has 2 heteroatoms. The van der Waals surface area contributed by atoms with E-state index in [9.17, 15) is 0 Å². The number of halogens is 2. The lowest BCUT2D eigenvalue weighted by Crippen LogP contribution is -2.29. The monoisotopic (exact) mass is 368 g/mol. The molecule has 0 amide bonds. The second-order valence-corrected chi connectivity index (χ2v) is 8.63. The first-order valence-corrected chi connectivity index (χ1v) is 9.76. The van der Waals surface area contributed by atoms with Gasteiger partial charge in [-0.05, 0) is 73.6 Å². The van der Waals surface area contributed by atoms with Gasteiger partial charge in [0.2, 0.25) is 0 Å². The average molecular weight is 370 g/mol. The Balaban J connectivity index is 1.76. The number of alkyl halides is 1. The normalized spacial score (nSPS) is 30.8. The summed E-state index contributed by atoms with van der Waals surface area (Å²) in [4.78, 5) is 0.497. The first kappa shape index (κ1) is 15.9. The van der Waals surface area contributed by atoms with Crippen molar-refractivity contribution < 1.29 is 0 Å². The third-order valence-electron chi connectivity index (χ3n) is 5.84. The van der Waals surface area contributed by atoms with Gasteiger partial charge in [-0.3, -0.25) is 0 Å². The minimum atomic E-state index is 0.497. The Hall–Kier alpha value is -0.0100. The molecule has 4 atom stereocenters. The van der Waals surface area contributed by atoms with Gasteiger partial charge in [-0.2, -0.15) is 0 Å². The number of rotatable bonds is 2. The zero-order chi connectivity index (χ0) is 15.0. The quantitative estimate of drug-likeness (QED) is 0.492. The minimum absolute atomic E-state index is 0.497. The molecule has 1 aromatic rings. The van der Waals surface area contributed by atoms with Crippen LogP contribution in [-0.4, -0.2) is 0 Å². The van der Waals surface area contributed by atoms with E-state index in [1.54, 1.807) is 0 Å². The molecule has 0 nitrogen and oxygen atoms in total. The second kappa shape index (κ2) is 6.62. The van der Waals surface area contributed by atoms with Crippen molar-refractivity contribution in [3.63, 3.8) is 0 Å². The van der Waals surface area contributed by atoms with Crippen molar-refractivity contribution in [3.05, 3.63) is 33.8 Å². The van der Waals surface area contributed by atoms with Crippen LogP contribution in [0.25, 0.3) is 0 Å². The van der Waals surface area contributed by atoms with Gasteiger partial charge in [0.15, 0.2) is 0 Å². The molecule has 0 radical (unpaired) electrons. The summed E-state index contributed by atoms with van der Waals surface area (Å²) in [5.74, 6) is 2.82. The maximum Gasteiger partial charge on any atom is 0.0438 e. The van der Waals surface area contributed by atoms with Crippen molar-refractivity contribution >= 4 is 27.5 Å². The molecule has 116 valence electrons. The molecule has 0 N–H and O–H groups in total. The molecule has 0 heterocycles. The fourth-order valence-electron chi connectivity index (χ4n) is 4.53. The van der Waals surface area contributed by atoms with E-state index in [1.165, 1.54) is 61.6 Å². The fraction of sp³-hybridized carbons (Fsp3) is 0.684. The smallest absolute Gasteiger partial charge is 0.0438 e. The zero-order valence-electron chi connectivity index (χ0n) is 13.2. The molecule has 0 saturated heterocycles. The highest BCUT2D eigenvalue weighted by Crippen LogP contribution is 2.49. The van der Waals surface area contributed by atoms with Crippen LogP contribution in [0.1, 0.15) is 66.5 Å². The molecule has 2 saturated carbocycles. The highest BCUT2D eigenvalue weighted by Gasteiger charge is 2.35. The summed E-state index contributed by atoms with van der Waals surface area (Å²) in [5, 5.41) is 0.895. The van der Waals surface area contributed by atoms with Crippen molar-refractivity contribution in [1.29, 1.82) is 0 Å². The number of hydrogen-bond acceptors (Lipinski definition) is 0. The molecule has 0 spiro atoms. The molecule has 21 heavy (non-hydrogen) atoms. The van der Waals surface area contributed by atoms with Crippen LogP contribution in [0, 0.1) is 31.6 Å². The van der Waals surface area contributed by atoms with Crippen LogP contribution in [0.3, 0.4) is 0 Å². The van der Waals surface area contributed by atoms with E-state index in [4.69, 9.17) is 11.6 Å². The molecule has 2 fully saturated rings. The summed E-state index contributed by atoms with van der Waals surface area (Å²) in [6.07, 6.45) is 10.1.